The fraction of sp³-hybridized carbons (Fsp3) is 0.0952. The third kappa shape index (κ3) is 4.27. The van der Waals surface area contributed by atoms with Crippen molar-refractivity contribution in [2.45, 2.75) is 6.54 Å². The molecule has 0 fully saturated rings. The van der Waals surface area contributed by atoms with E-state index in [1.54, 1.807) is 13.3 Å². The maximum Gasteiger partial charge on any atom is 0.264 e. The second-order valence-corrected chi connectivity index (χ2v) is 5.92. The van der Waals surface area contributed by atoms with Gasteiger partial charge in [0.15, 0.2) is 0 Å². The first-order valence-corrected chi connectivity index (χ1v) is 8.70. The van der Waals surface area contributed by atoms with E-state index in [0.29, 0.717) is 30.0 Å². The van der Waals surface area contributed by atoms with Gasteiger partial charge in [0.05, 0.1) is 7.11 Å². The molecule has 1 N–H and O–H groups in total. The van der Waals surface area contributed by atoms with Crippen LogP contribution < -0.4 is 14.8 Å². The number of pyridine rings is 1. The number of anilines is 1. The van der Waals surface area contributed by atoms with E-state index in [1.807, 2.05) is 66.7 Å². The second kappa shape index (κ2) is 8.22. The lowest BCUT2D eigenvalue weighted by atomic mass is 10.2. The summed E-state index contributed by atoms with van der Waals surface area (Å²) in [6.07, 6.45) is 1.70. The highest BCUT2D eigenvalue weighted by molar-refractivity contribution is 5.53. The van der Waals surface area contributed by atoms with Crippen molar-refractivity contribution in [2.75, 3.05) is 12.4 Å². The Morgan fingerprint density at radius 2 is 1.75 bits per heavy atom. The molecule has 7 nitrogen and oxygen atoms in total. The number of nitrogens with zero attached hydrogens (tertiary/aromatic N) is 3. The highest BCUT2D eigenvalue weighted by atomic mass is 16.5. The first kappa shape index (κ1) is 17.5. The zero-order valence-corrected chi connectivity index (χ0v) is 15.2. The molecule has 4 aromatic rings. The number of aromatic nitrogens is 3. The largest absolute Gasteiger partial charge is 0.497 e. The second-order valence-electron chi connectivity index (χ2n) is 5.92. The van der Waals surface area contributed by atoms with E-state index in [1.165, 1.54) is 0 Å². The first-order valence-electron chi connectivity index (χ1n) is 8.70. The summed E-state index contributed by atoms with van der Waals surface area (Å²) in [6.45, 7) is 0.509. The number of ether oxygens (including phenoxy) is 2. The third-order valence-corrected chi connectivity index (χ3v) is 3.98. The molecule has 0 radical (unpaired) electrons. The van der Waals surface area contributed by atoms with Crippen molar-refractivity contribution >= 4 is 5.95 Å². The van der Waals surface area contributed by atoms with Gasteiger partial charge in [-0.25, -0.2) is 4.98 Å². The Labute approximate surface area is 162 Å². The lowest BCUT2D eigenvalue weighted by molar-refractivity contribution is 0.412. The van der Waals surface area contributed by atoms with Gasteiger partial charge in [0.2, 0.25) is 5.88 Å². The molecule has 0 saturated carbocycles. The van der Waals surface area contributed by atoms with Gasteiger partial charge >= 0.3 is 0 Å². The Morgan fingerprint density at radius 3 is 2.54 bits per heavy atom. The molecule has 0 aliphatic rings. The number of methoxy groups -OCH3 is 1. The van der Waals surface area contributed by atoms with E-state index in [4.69, 9.17) is 14.0 Å². The fourth-order valence-corrected chi connectivity index (χ4v) is 2.56. The number of hydrogen-bond acceptors (Lipinski definition) is 7. The Bertz CT molecular complexity index is 1030. The van der Waals surface area contributed by atoms with Crippen LogP contribution in [0, 0.1) is 0 Å². The molecule has 0 bridgehead atoms. The lowest BCUT2D eigenvalue weighted by Crippen LogP contribution is -2.01. The highest BCUT2D eigenvalue weighted by Gasteiger charge is 2.08. The van der Waals surface area contributed by atoms with Crippen molar-refractivity contribution in [3.05, 3.63) is 78.5 Å². The third-order valence-electron chi connectivity index (χ3n) is 3.98. The van der Waals surface area contributed by atoms with Crippen LogP contribution in [-0.4, -0.2) is 22.2 Å². The van der Waals surface area contributed by atoms with Crippen LogP contribution in [-0.2, 0) is 6.54 Å². The molecule has 0 aliphatic heterocycles. The summed E-state index contributed by atoms with van der Waals surface area (Å²) >= 11 is 0. The van der Waals surface area contributed by atoms with E-state index in [9.17, 15) is 0 Å². The molecule has 7 heteroatoms. The number of rotatable bonds is 7. The van der Waals surface area contributed by atoms with Crippen molar-refractivity contribution in [3.63, 3.8) is 0 Å². The number of hydrogen-bond donors (Lipinski definition) is 1. The van der Waals surface area contributed by atoms with E-state index in [2.05, 4.69) is 20.4 Å². The van der Waals surface area contributed by atoms with Crippen molar-refractivity contribution in [1.29, 1.82) is 0 Å². The van der Waals surface area contributed by atoms with E-state index in [-0.39, 0.29) is 0 Å². The van der Waals surface area contributed by atoms with Gasteiger partial charge in [-0.05, 0) is 53.2 Å². The van der Waals surface area contributed by atoms with Gasteiger partial charge in [0.1, 0.15) is 11.5 Å². The molecule has 2 heterocycles. The van der Waals surface area contributed by atoms with Crippen molar-refractivity contribution in [3.8, 4) is 28.8 Å². The van der Waals surface area contributed by atoms with Crippen LogP contribution in [0.1, 0.15) is 5.56 Å². The lowest BCUT2D eigenvalue weighted by Gasteiger charge is -2.07. The molecule has 140 valence electrons. The van der Waals surface area contributed by atoms with Gasteiger partial charge in [-0.15, -0.1) is 0 Å². The zero-order valence-electron chi connectivity index (χ0n) is 15.2. The molecule has 2 aromatic carbocycles. The van der Waals surface area contributed by atoms with Crippen molar-refractivity contribution in [1.82, 2.24) is 15.1 Å². The summed E-state index contributed by atoms with van der Waals surface area (Å²) in [5, 5.41) is 7.10. The molecular formula is C21H18N4O3. The van der Waals surface area contributed by atoms with Crippen molar-refractivity contribution in [2.24, 2.45) is 0 Å². The normalized spacial score (nSPS) is 10.5. The maximum absolute atomic E-state index is 5.79. The summed E-state index contributed by atoms with van der Waals surface area (Å²) in [5.74, 6) is 2.86. The quantitative estimate of drug-likeness (QED) is 0.508. The molecule has 2 aromatic heterocycles. The summed E-state index contributed by atoms with van der Waals surface area (Å²) in [6, 6.07) is 20.7. The van der Waals surface area contributed by atoms with Gasteiger partial charge in [0.25, 0.3) is 11.8 Å². The summed E-state index contributed by atoms with van der Waals surface area (Å²) < 4.78 is 16.2. The van der Waals surface area contributed by atoms with Crippen LogP contribution >= 0.6 is 0 Å². The van der Waals surface area contributed by atoms with Gasteiger partial charge in [0, 0.05) is 24.4 Å². The Kier molecular flexibility index (Phi) is 5.15. The zero-order chi connectivity index (χ0) is 19.2. The van der Waals surface area contributed by atoms with E-state index < -0.39 is 0 Å². The molecule has 0 spiro atoms. The average molecular weight is 374 g/mol. The molecule has 0 atom stereocenters. The maximum atomic E-state index is 5.79. The molecular weight excluding hydrogens is 356 g/mol. The molecule has 0 aliphatic carbocycles. The smallest absolute Gasteiger partial charge is 0.264 e. The molecule has 0 unspecified atom stereocenters. The van der Waals surface area contributed by atoms with Crippen molar-refractivity contribution < 1.29 is 14.0 Å². The van der Waals surface area contributed by atoms with Crippen LogP contribution in [0.4, 0.5) is 5.95 Å². The summed E-state index contributed by atoms with van der Waals surface area (Å²) in [5.41, 5.74) is 1.85. The predicted molar refractivity (Wildman–Crippen MR) is 104 cm³/mol. The minimum Gasteiger partial charge on any atom is -0.497 e. The molecule has 28 heavy (non-hydrogen) atoms. The SMILES string of the molecule is COc1ccc(Oc2cc(CNc3noc(-c4ccccc4)n3)ccn2)cc1. The minimum atomic E-state index is 0.424. The molecule has 0 saturated heterocycles. The Balaban J connectivity index is 1.39. The highest BCUT2D eigenvalue weighted by Crippen LogP contribution is 2.23. The molecule has 0 amide bonds. The van der Waals surface area contributed by atoms with E-state index in [0.717, 1.165) is 16.9 Å². The van der Waals surface area contributed by atoms with Gasteiger partial charge in [-0.3, -0.25) is 0 Å². The topological polar surface area (TPSA) is 82.3 Å². The fourth-order valence-electron chi connectivity index (χ4n) is 2.56. The van der Waals surface area contributed by atoms with Crippen LogP contribution in [0.25, 0.3) is 11.5 Å². The van der Waals surface area contributed by atoms with Gasteiger partial charge in [-0.2, -0.15) is 4.98 Å². The van der Waals surface area contributed by atoms with Gasteiger partial charge < -0.3 is 19.3 Å². The molecule has 4 rings (SSSR count). The van der Waals surface area contributed by atoms with Crippen LogP contribution in [0.5, 0.6) is 17.4 Å². The average Bonchev–Trinajstić information content (AvgIpc) is 3.23. The van der Waals surface area contributed by atoms with E-state index >= 15 is 0 Å². The standard InChI is InChI=1S/C21H18N4O3/c1-26-17-7-9-18(10-8-17)27-19-13-15(11-12-22-19)14-23-21-24-20(28-25-21)16-5-3-2-4-6-16/h2-13H,14H2,1H3,(H,23,25). The number of nitrogens with one attached hydrogen (secondary N) is 1. The van der Waals surface area contributed by atoms with Crippen LogP contribution in [0.2, 0.25) is 0 Å². The first-order chi connectivity index (χ1) is 13.8. The summed E-state index contributed by atoms with van der Waals surface area (Å²) in [4.78, 5) is 8.60. The summed E-state index contributed by atoms with van der Waals surface area (Å²) in [7, 11) is 1.63. The number of benzene rings is 2. The monoisotopic (exact) mass is 374 g/mol. The Morgan fingerprint density at radius 1 is 0.964 bits per heavy atom. The van der Waals surface area contributed by atoms with Gasteiger partial charge in [-0.1, -0.05) is 18.2 Å². The van der Waals surface area contributed by atoms with Crippen LogP contribution in [0.15, 0.2) is 77.4 Å². The Hall–Kier alpha value is -3.87. The van der Waals surface area contributed by atoms with Crippen LogP contribution in [0.3, 0.4) is 0 Å². The minimum absolute atomic E-state index is 0.424. The predicted octanol–water partition coefficient (Wildman–Crippen LogP) is 4.54.